The third-order valence-electron chi connectivity index (χ3n) is 3.41. The van der Waals surface area contributed by atoms with Crippen LogP contribution in [0, 0.1) is 13.8 Å². The van der Waals surface area contributed by atoms with Crippen LogP contribution in [-0.4, -0.2) is 21.0 Å². The summed E-state index contributed by atoms with van der Waals surface area (Å²) in [5.74, 6) is -0.905. The van der Waals surface area contributed by atoms with Crippen LogP contribution in [0.25, 0.3) is 22.2 Å². The van der Waals surface area contributed by atoms with Gasteiger partial charge in [0.05, 0.1) is 5.56 Å². The second-order valence-electron chi connectivity index (χ2n) is 4.70. The molecule has 0 saturated carbocycles. The molecular formula is C15H14N2O2. The predicted molar refractivity (Wildman–Crippen MR) is 74.5 cm³/mol. The van der Waals surface area contributed by atoms with Crippen LogP contribution in [-0.2, 0) is 0 Å². The van der Waals surface area contributed by atoms with Crippen molar-refractivity contribution in [2.45, 2.75) is 13.8 Å². The quantitative estimate of drug-likeness (QED) is 0.655. The van der Waals surface area contributed by atoms with E-state index in [0.717, 1.165) is 27.9 Å². The highest BCUT2D eigenvalue weighted by Crippen LogP contribution is 2.32. The molecule has 0 atom stereocenters. The summed E-state index contributed by atoms with van der Waals surface area (Å²) in [5.41, 5.74) is 4.95. The third-order valence-corrected chi connectivity index (χ3v) is 3.41. The van der Waals surface area contributed by atoms with Gasteiger partial charge in [0.25, 0.3) is 0 Å². The van der Waals surface area contributed by atoms with Gasteiger partial charge in [0.2, 0.25) is 0 Å². The number of benzene rings is 1. The van der Waals surface area contributed by atoms with Gasteiger partial charge >= 0.3 is 5.97 Å². The van der Waals surface area contributed by atoms with Gasteiger partial charge in [0, 0.05) is 33.5 Å². The number of fused-ring (bicyclic) bond motifs is 1. The predicted octanol–water partition coefficient (Wildman–Crippen LogP) is 3.48. The average molecular weight is 254 g/mol. The number of carboxylic acids is 1. The van der Waals surface area contributed by atoms with E-state index < -0.39 is 5.97 Å². The Balaban J connectivity index is 2.27. The van der Waals surface area contributed by atoms with E-state index in [9.17, 15) is 4.79 Å². The Morgan fingerprint density at radius 2 is 1.84 bits per heavy atom. The number of aromatic carboxylic acids is 1. The molecule has 2 aromatic heterocycles. The summed E-state index contributed by atoms with van der Waals surface area (Å²) in [7, 11) is 0. The minimum Gasteiger partial charge on any atom is -0.478 e. The number of nitrogens with one attached hydrogen (secondary N) is 2. The number of hydrogen-bond acceptors (Lipinski definition) is 1. The lowest BCUT2D eigenvalue weighted by Gasteiger charge is -1.97. The van der Waals surface area contributed by atoms with Crippen molar-refractivity contribution in [1.29, 1.82) is 0 Å². The van der Waals surface area contributed by atoms with E-state index in [-0.39, 0.29) is 0 Å². The van der Waals surface area contributed by atoms with Crippen molar-refractivity contribution in [3.63, 3.8) is 0 Å². The van der Waals surface area contributed by atoms with Crippen LogP contribution in [0.4, 0.5) is 0 Å². The van der Waals surface area contributed by atoms with Crippen LogP contribution in [0.5, 0.6) is 0 Å². The molecule has 3 rings (SSSR count). The van der Waals surface area contributed by atoms with Gasteiger partial charge < -0.3 is 15.1 Å². The van der Waals surface area contributed by atoms with Gasteiger partial charge in [-0.15, -0.1) is 0 Å². The fourth-order valence-corrected chi connectivity index (χ4v) is 2.54. The number of rotatable bonds is 2. The molecule has 4 nitrogen and oxygen atoms in total. The minimum absolute atomic E-state index is 0.319. The molecule has 0 radical (unpaired) electrons. The molecule has 3 aromatic rings. The SMILES string of the molecule is Cc1[nH]c(-c2c(C)[nH]c3ccccc23)cc1C(=O)O. The third kappa shape index (κ3) is 1.73. The standard InChI is InChI=1S/C15H14N2O2/c1-8-11(15(18)19)7-13(16-8)14-9(2)17-12-6-4-3-5-10(12)14/h3-7,16-17H,1-2H3,(H,18,19). The Morgan fingerprint density at radius 1 is 1.11 bits per heavy atom. The Kier molecular flexibility index (Phi) is 2.45. The zero-order valence-electron chi connectivity index (χ0n) is 10.7. The zero-order chi connectivity index (χ0) is 13.6. The summed E-state index contributed by atoms with van der Waals surface area (Å²) < 4.78 is 0. The van der Waals surface area contributed by atoms with E-state index in [1.54, 1.807) is 13.0 Å². The Labute approximate surface area is 110 Å². The number of hydrogen-bond donors (Lipinski definition) is 3. The van der Waals surface area contributed by atoms with Crippen LogP contribution in [0.2, 0.25) is 0 Å². The highest BCUT2D eigenvalue weighted by atomic mass is 16.4. The molecule has 0 spiro atoms. The smallest absolute Gasteiger partial charge is 0.337 e. The maximum absolute atomic E-state index is 11.1. The van der Waals surface area contributed by atoms with Crippen LogP contribution in [0.1, 0.15) is 21.7 Å². The molecule has 0 saturated heterocycles. The fourth-order valence-electron chi connectivity index (χ4n) is 2.54. The van der Waals surface area contributed by atoms with E-state index in [4.69, 9.17) is 5.11 Å². The summed E-state index contributed by atoms with van der Waals surface area (Å²) in [6, 6.07) is 9.70. The minimum atomic E-state index is -0.905. The summed E-state index contributed by atoms with van der Waals surface area (Å²) in [6.45, 7) is 3.77. The molecule has 2 heterocycles. The highest BCUT2D eigenvalue weighted by molar-refractivity contribution is 5.98. The van der Waals surface area contributed by atoms with Crippen molar-refractivity contribution in [3.05, 3.63) is 47.3 Å². The van der Waals surface area contributed by atoms with Crippen molar-refractivity contribution in [2.24, 2.45) is 0 Å². The molecule has 0 fully saturated rings. The summed E-state index contributed by atoms with van der Waals surface area (Å²) in [6.07, 6.45) is 0. The lowest BCUT2D eigenvalue weighted by Crippen LogP contribution is -1.95. The molecule has 96 valence electrons. The van der Waals surface area contributed by atoms with Gasteiger partial charge in [0.15, 0.2) is 0 Å². The van der Waals surface area contributed by atoms with Gasteiger partial charge in [-0.25, -0.2) is 4.79 Å². The van der Waals surface area contributed by atoms with Crippen LogP contribution >= 0.6 is 0 Å². The van der Waals surface area contributed by atoms with Crippen LogP contribution < -0.4 is 0 Å². The number of para-hydroxylation sites is 1. The average Bonchev–Trinajstić information content (AvgIpc) is 2.88. The second kappa shape index (κ2) is 4.02. The van der Waals surface area contributed by atoms with Crippen molar-refractivity contribution in [1.82, 2.24) is 9.97 Å². The molecule has 19 heavy (non-hydrogen) atoms. The fraction of sp³-hybridized carbons (Fsp3) is 0.133. The van der Waals surface area contributed by atoms with E-state index in [1.807, 2.05) is 31.2 Å². The number of aromatic nitrogens is 2. The normalized spacial score (nSPS) is 11.1. The van der Waals surface area contributed by atoms with E-state index in [0.29, 0.717) is 11.3 Å². The van der Waals surface area contributed by atoms with Crippen LogP contribution in [0.15, 0.2) is 30.3 Å². The lowest BCUT2D eigenvalue weighted by atomic mass is 10.1. The number of H-pyrrole nitrogens is 2. The Hall–Kier alpha value is -2.49. The molecular weight excluding hydrogens is 240 g/mol. The number of carboxylic acid groups (broad SMARTS) is 1. The molecule has 3 N–H and O–H groups in total. The van der Waals surface area contributed by atoms with Gasteiger partial charge in [-0.2, -0.15) is 0 Å². The van der Waals surface area contributed by atoms with Crippen molar-refractivity contribution in [3.8, 4) is 11.3 Å². The molecule has 0 aliphatic rings. The van der Waals surface area contributed by atoms with Gasteiger partial charge in [-0.1, -0.05) is 18.2 Å². The number of aryl methyl sites for hydroxylation is 2. The summed E-state index contributed by atoms with van der Waals surface area (Å²) in [5, 5.41) is 10.2. The topological polar surface area (TPSA) is 68.9 Å². The maximum Gasteiger partial charge on any atom is 0.337 e. The second-order valence-corrected chi connectivity index (χ2v) is 4.70. The molecule has 4 heteroatoms. The largest absolute Gasteiger partial charge is 0.478 e. The van der Waals surface area contributed by atoms with Crippen molar-refractivity contribution in [2.75, 3.05) is 0 Å². The summed E-state index contributed by atoms with van der Waals surface area (Å²) >= 11 is 0. The molecule has 0 bridgehead atoms. The first kappa shape index (κ1) is 11.6. The van der Waals surface area contributed by atoms with Crippen molar-refractivity contribution < 1.29 is 9.90 Å². The van der Waals surface area contributed by atoms with E-state index in [2.05, 4.69) is 9.97 Å². The van der Waals surface area contributed by atoms with Gasteiger partial charge in [-0.3, -0.25) is 0 Å². The van der Waals surface area contributed by atoms with Gasteiger partial charge in [-0.05, 0) is 26.0 Å². The molecule has 0 unspecified atom stereocenters. The van der Waals surface area contributed by atoms with E-state index in [1.165, 1.54) is 0 Å². The zero-order valence-corrected chi connectivity index (χ0v) is 10.7. The number of carbonyl (C=O) groups is 1. The van der Waals surface area contributed by atoms with Crippen molar-refractivity contribution >= 4 is 16.9 Å². The Bertz CT molecular complexity index is 781. The first-order valence-electron chi connectivity index (χ1n) is 6.08. The monoisotopic (exact) mass is 254 g/mol. The highest BCUT2D eigenvalue weighted by Gasteiger charge is 2.16. The molecule has 0 aliphatic heterocycles. The number of aromatic amines is 2. The first-order valence-corrected chi connectivity index (χ1v) is 6.08. The van der Waals surface area contributed by atoms with E-state index >= 15 is 0 Å². The lowest BCUT2D eigenvalue weighted by molar-refractivity contribution is 0.0696. The molecule has 0 amide bonds. The Morgan fingerprint density at radius 3 is 2.53 bits per heavy atom. The maximum atomic E-state index is 11.1. The van der Waals surface area contributed by atoms with Gasteiger partial charge in [0.1, 0.15) is 0 Å². The first-order chi connectivity index (χ1) is 9.08. The van der Waals surface area contributed by atoms with Crippen LogP contribution in [0.3, 0.4) is 0 Å². The summed E-state index contributed by atoms with van der Waals surface area (Å²) in [4.78, 5) is 17.6. The molecule has 0 aliphatic carbocycles. The molecule has 1 aromatic carbocycles.